The number of fused-ring (bicyclic) bond motifs is 2. The molecule has 34 heavy (non-hydrogen) atoms. The maximum absolute atomic E-state index is 13.0. The number of benzene rings is 2. The fourth-order valence-electron chi connectivity index (χ4n) is 4.96. The minimum atomic E-state index is -0.860. The summed E-state index contributed by atoms with van der Waals surface area (Å²) in [4.78, 5) is 50.9. The Balaban J connectivity index is 1.47. The van der Waals surface area contributed by atoms with E-state index >= 15 is 0 Å². The summed E-state index contributed by atoms with van der Waals surface area (Å²) in [5.41, 5.74) is 0.553. The van der Waals surface area contributed by atoms with Crippen molar-refractivity contribution >= 4 is 35.1 Å². The first-order chi connectivity index (χ1) is 16.2. The lowest BCUT2D eigenvalue weighted by Gasteiger charge is -2.36. The number of rotatable bonds is 5. The van der Waals surface area contributed by atoms with Crippen LogP contribution in [0.25, 0.3) is 0 Å². The van der Waals surface area contributed by atoms with Crippen molar-refractivity contribution in [2.24, 2.45) is 17.8 Å². The quantitative estimate of drug-likeness (QED) is 0.460. The molecular formula is C27H27ClO6. The van der Waals surface area contributed by atoms with E-state index in [2.05, 4.69) is 20.8 Å². The molecule has 0 N–H and O–H groups in total. The van der Waals surface area contributed by atoms with Crippen molar-refractivity contribution in [2.45, 2.75) is 46.1 Å². The summed E-state index contributed by atoms with van der Waals surface area (Å²) >= 11 is 6.40. The second-order valence-electron chi connectivity index (χ2n) is 9.48. The minimum absolute atomic E-state index is 0.0293. The van der Waals surface area contributed by atoms with Gasteiger partial charge in [-0.1, -0.05) is 63.1 Å². The third-order valence-electron chi connectivity index (χ3n) is 6.82. The predicted octanol–water partition coefficient (Wildman–Crippen LogP) is 5.28. The van der Waals surface area contributed by atoms with E-state index in [1.165, 1.54) is 12.1 Å². The second-order valence-corrected chi connectivity index (χ2v) is 9.86. The molecule has 2 aliphatic rings. The van der Waals surface area contributed by atoms with Crippen LogP contribution in [-0.2, 0) is 14.3 Å². The molecule has 0 aromatic heterocycles. The third kappa shape index (κ3) is 4.51. The smallest absolute Gasteiger partial charge is 0.344 e. The average molecular weight is 483 g/mol. The maximum Gasteiger partial charge on any atom is 0.344 e. The van der Waals surface area contributed by atoms with Crippen LogP contribution in [0.4, 0.5) is 0 Å². The highest BCUT2D eigenvalue weighted by atomic mass is 35.5. The Morgan fingerprint density at radius 2 is 1.68 bits per heavy atom. The van der Waals surface area contributed by atoms with E-state index < -0.39 is 24.3 Å². The zero-order valence-electron chi connectivity index (χ0n) is 19.4. The Labute approximate surface area is 203 Å². The van der Waals surface area contributed by atoms with E-state index in [4.69, 9.17) is 21.1 Å². The van der Waals surface area contributed by atoms with E-state index in [-0.39, 0.29) is 45.1 Å². The van der Waals surface area contributed by atoms with Gasteiger partial charge in [0, 0.05) is 16.7 Å². The maximum atomic E-state index is 13.0. The molecule has 0 saturated heterocycles. The van der Waals surface area contributed by atoms with Crippen LogP contribution in [0.1, 0.15) is 82.2 Å². The number of hydrogen-bond acceptors (Lipinski definition) is 6. The number of carbonyl (C=O) groups excluding carboxylic acids is 4. The lowest BCUT2D eigenvalue weighted by molar-refractivity contribution is -0.159. The highest BCUT2D eigenvalue weighted by Gasteiger charge is 2.35. The predicted molar refractivity (Wildman–Crippen MR) is 126 cm³/mol. The number of ether oxygens (including phenoxy) is 2. The van der Waals surface area contributed by atoms with Gasteiger partial charge in [0.05, 0.1) is 16.1 Å². The summed E-state index contributed by atoms with van der Waals surface area (Å²) < 4.78 is 10.8. The molecule has 0 amide bonds. The number of esters is 2. The summed E-state index contributed by atoms with van der Waals surface area (Å²) in [5.74, 6) is -1.12. The van der Waals surface area contributed by atoms with Crippen molar-refractivity contribution in [3.63, 3.8) is 0 Å². The van der Waals surface area contributed by atoms with Crippen LogP contribution in [0.5, 0.6) is 0 Å². The fourth-order valence-corrected chi connectivity index (χ4v) is 5.29. The van der Waals surface area contributed by atoms with E-state index in [9.17, 15) is 19.2 Å². The molecule has 2 aromatic carbocycles. The highest BCUT2D eigenvalue weighted by Crippen LogP contribution is 2.36. The van der Waals surface area contributed by atoms with Crippen LogP contribution in [0.2, 0.25) is 5.02 Å². The zero-order chi connectivity index (χ0) is 24.6. The highest BCUT2D eigenvalue weighted by molar-refractivity contribution is 6.41. The molecule has 1 fully saturated rings. The van der Waals surface area contributed by atoms with Crippen molar-refractivity contribution in [1.82, 2.24) is 0 Å². The first kappa shape index (κ1) is 24.1. The van der Waals surface area contributed by atoms with Crippen LogP contribution >= 0.6 is 11.6 Å². The number of ketones is 2. The molecule has 0 bridgehead atoms. The molecule has 3 unspecified atom stereocenters. The Morgan fingerprint density at radius 3 is 2.35 bits per heavy atom. The van der Waals surface area contributed by atoms with Gasteiger partial charge in [0.1, 0.15) is 6.10 Å². The van der Waals surface area contributed by atoms with Gasteiger partial charge in [0.25, 0.3) is 0 Å². The van der Waals surface area contributed by atoms with Crippen LogP contribution in [0, 0.1) is 17.8 Å². The van der Waals surface area contributed by atoms with Crippen LogP contribution in [0.3, 0.4) is 0 Å². The number of halogens is 1. The lowest BCUT2D eigenvalue weighted by Crippen LogP contribution is -2.36. The van der Waals surface area contributed by atoms with Crippen LogP contribution in [-0.4, -0.2) is 36.2 Å². The van der Waals surface area contributed by atoms with Crippen molar-refractivity contribution in [1.29, 1.82) is 0 Å². The molecular weight excluding hydrogens is 456 g/mol. The topological polar surface area (TPSA) is 86.7 Å². The molecule has 3 atom stereocenters. The molecule has 0 radical (unpaired) electrons. The van der Waals surface area contributed by atoms with E-state index in [1.54, 1.807) is 24.3 Å². The lowest BCUT2D eigenvalue weighted by atomic mass is 9.75. The Hall–Kier alpha value is -2.99. The van der Waals surface area contributed by atoms with Gasteiger partial charge in [0.2, 0.25) is 0 Å². The van der Waals surface area contributed by atoms with Gasteiger partial charge >= 0.3 is 11.9 Å². The summed E-state index contributed by atoms with van der Waals surface area (Å²) in [6.45, 7) is 5.81. The number of hydrogen-bond donors (Lipinski definition) is 0. The van der Waals surface area contributed by atoms with Crippen molar-refractivity contribution in [3.8, 4) is 0 Å². The fraction of sp³-hybridized carbons (Fsp3) is 0.407. The van der Waals surface area contributed by atoms with Crippen LogP contribution in [0.15, 0.2) is 36.4 Å². The van der Waals surface area contributed by atoms with Crippen molar-refractivity contribution in [3.05, 3.63) is 69.2 Å². The summed E-state index contributed by atoms with van der Waals surface area (Å²) in [7, 11) is 0. The van der Waals surface area contributed by atoms with E-state index in [0.717, 1.165) is 19.3 Å². The zero-order valence-corrected chi connectivity index (χ0v) is 20.2. The summed E-state index contributed by atoms with van der Waals surface area (Å²) in [5, 5.41) is -0.162. The molecule has 6 nitrogen and oxygen atoms in total. The molecule has 2 aromatic rings. The van der Waals surface area contributed by atoms with E-state index in [0.29, 0.717) is 17.4 Å². The van der Waals surface area contributed by atoms with Gasteiger partial charge < -0.3 is 9.47 Å². The van der Waals surface area contributed by atoms with Crippen molar-refractivity contribution in [2.75, 3.05) is 6.61 Å². The molecule has 2 aliphatic carbocycles. The molecule has 0 heterocycles. The first-order valence-electron chi connectivity index (χ1n) is 11.6. The minimum Gasteiger partial charge on any atom is -0.460 e. The van der Waals surface area contributed by atoms with E-state index in [1.807, 2.05) is 0 Å². The standard InChI is InChI=1S/C27H27ClO6/c1-14(2)16-9-8-15(3)12-21(16)34-22(29)13-33-27(32)20-11-10-19-23(24(20)28)26(31)18-7-5-4-6-17(18)25(19)30/h4-7,10-11,14-16,21H,8-9,12-13H2,1-3H3. The summed E-state index contributed by atoms with van der Waals surface area (Å²) in [6, 6.07) is 9.19. The second kappa shape index (κ2) is 9.71. The Bertz CT molecular complexity index is 1170. The normalized spacial score (nSPS) is 21.6. The largest absolute Gasteiger partial charge is 0.460 e. The van der Waals surface area contributed by atoms with Gasteiger partial charge in [-0.05, 0) is 42.7 Å². The molecule has 178 valence electrons. The van der Waals surface area contributed by atoms with Gasteiger partial charge in [0.15, 0.2) is 18.2 Å². The third-order valence-corrected chi connectivity index (χ3v) is 7.21. The summed E-state index contributed by atoms with van der Waals surface area (Å²) in [6.07, 6.45) is 2.69. The van der Waals surface area contributed by atoms with Gasteiger partial charge in [-0.15, -0.1) is 0 Å². The monoisotopic (exact) mass is 482 g/mol. The van der Waals surface area contributed by atoms with Crippen molar-refractivity contribution < 1.29 is 28.7 Å². The molecule has 1 saturated carbocycles. The average Bonchev–Trinajstić information content (AvgIpc) is 2.80. The SMILES string of the molecule is CC1CCC(C(C)C)C(OC(=O)COC(=O)c2ccc3c(c2Cl)C(=O)c2ccccc2C3=O)C1. The first-order valence-corrected chi connectivity index (χ1v) is 11.9. The molecule has 0 spiro atoms. The number of carbonyl (C=O) groups is 4. The molecule has 0 aliphatic heterocycles. The van der Waals surface area contributed by atoms with Gasteiger partial charge in [-0.25, -0.2) is 9.59 Å². The Kier molecular flexibility index (Phi) is 6.89. The molecule has 4 rings (SSSR count). The molecule has 7 heteroatoms. The van der Waals surface area contributed by atoms with Gasteiger partial charge in [-0.2, -0.15) is 0 Å². The van der Waals surface area contributed by atoms with Crippen LogP contribution < -0.4 is 0 Å². The Morgan fingerprint density at radius 1 is 1.00 bits per heavy atom. The van der Waals surface area contributed by atoms with Gasteiger partial charge in [-0.3, -0.25) is 9.59 Å².